The van der Waals surface area contributed by atoms with E-state index in [1.807, 2.05) is 0 Å². The minimum absolute atomic E-state index is 0. The van der Waals surface area contributed by atoms with Crippen LogP contribution >= 0.6 is 12.4 Å². The van der Waals surface area contributed by atoms with E-state index in [1.165, 1.54) is 19.3 Å². The summed E-state index contributed by atoms with van der Waals surface area (Å²) in [5.41, 5.74) is 5.76. The maximum atomic E-state index is 5.76. The molecule has 1 aliphatic carbocycles. The third-order valence-corrected chi connectivity index (χ3v) is 2.76. The van der Waals surface area contributed by atoms with E-state index >= 15 is 0 Å². The summed E-state index contributed by atoms with van der Waals surface area (Å²) in [5, 5.41) is 0. The van der Waals surface area contributed by atoms with Crippen LogP contribution in [0.15, 0.2) is 0 Å². The van der Waals surface area contributed by atoms with E-state index < -0.39 is 0 Å². The molecule has 2 nitrogen and oxygen atoms in total. The average Bonchev–Trinajstić information content (AvgIpc) is 2.69. The lowest BCUT2D eigenvalue weighted by atomic mass is 9.95. The average molecular weight is 178 g/mol. The zero-order valence-electron chi connectivity index (χ0n) is 6.66. The highest BCUT2D eigenvalue weighted by Gasteiger charge is 2.40. The minimum atomic E-state index is 0. The lowest BCUT2D eigenvalue weighted by molar-refractivity contribution is 0.0593. The molecule has 66 valence electrons. The van der Waals surface area contributed by atoms with Crippen LogP contribution in [0.5, 0.6) is 0 Å². The van der Waals surface area contributed by atoms with E-state index in [0.29, 0.717) is 6.04 Å². The third-order valence-electron chi connectivity index (χ3n) is 2.76. The zero-order chi connectivity index (χ0) is 6.97. The predicted octanol–water partition coefficient (Wildman–Crippen LogP) is 1.18. The topological polar surface area (TPSA) is 35.2 Å². The van der Waals surface area contributed by atoms with Gasteiger partial charge >= 0.3 is 0 Å². The Morgan fingerprint density at radius 3 is 2.18 bits per heavy atom. The number of halogens is 1. The van der Waals surface area contributed by atoms with Crippen molar-refractivity contribution in [3.8, 4) is 0 Å². The van der Waals surface area contributed by atoms with E-state index in [-0.39, 0.29) is 12.4 Å². The second kappa shape index (κ2) is 3.74. The van der Waals surface area contributed by atoms with Crippen molar-refractivity contribution in [2.75, 3.05) is 13.2 Å². The smallest absolute Gasteiger partial charge is 0.0468 e. The molecule has 2 fully saturated rings. The Balaban J connectivity index is 0.000000605. The quantitative estimate of drug-likeness (QED) is 0.653. The summed E-state index contributed by atoms with van der Waals surface area (Å²) in [7, 11) is 0. The van der Waals surface area contributed by atoms with Gasteiger partial charge in [0.2, 0.25) is 0 Å². The molecule has 0 bridgehead atoms. The molecule has 1 aliphatic heterocycles. The van der Waals surface area contributed by atoms with E-state index in [1.54, 1.807) is 0 Å². The van der Waals surface area contributed by atoms with Gasteiger partial charge in [0.15, 0.2) is 0 Å². The first-order valence-electron chi connectivity index (χ1n) is 4.21. The van der Waals surface area contributed by atoms with Crippen LogP contribution in [-0.4, -0.2) is 19.3 Å². The molecule has 2 rings (SSSR count). The fourth-order valence-corrected chi connectivity index (χ4v) is 1.92. The van der Waals surface area contributed by atoms with Gasteiger partial charge in [0.1, 0.15) is 0 Å². The molecule has 2 aliphatic rings. The van der Waals surface area contributed by atoms with Crippen LogP contribution in [0.25, 0.3) is 0 Å². The van der Waals surface area contributed by atoms with Crippen LogP contribution in [0.4, 0.5) is 0 Å². The van der Waals surface area contributed by atoms with Crippen molar-refractivity contribution in [2.45, 2.75) is 25.3 Å². The lowest BCUT2D eigenvalue weighted by Crippen LogP contribution is -2.20. The highest BCUT2D eigenvalue weighted by molar-refractivity contribution is 5.85. The van der Waals surface area contributed by atoms with Crippen LogP contribution < -0.4 is 5.73 Å². The van der Waals surface area contributed by atoms with Gasteiger partial charge in [-0.2, -0.15) is 0 Å². The molecule has 1 saturated heterocycles. The summed E-state index contributed by atoms with van der Waals surface area (Å²) in [6.07, 6.45) is 3.77. The van der Waals surface area contributed by atoms with E-state index in [2.05, 4.69) is 0 Å². The van der Waals surface area contributed by atoms with Crippen molar-refractivity contribution >= 4 is 12.4 Å². The Morgan fingerprint density at radius 1 is 1.18 bits per heavy atom. The third kappa shape index (κ3) is 2.08. The largest absolute Gasteiger partial charge is 0.381 e. The van der Waals surface area contributed by atoms with Crippen molar-refractivity contribution in [1.29, 1.82) is 0 Å². The molecule has 1 heterocycles. The highest BCUT2D eigenvalue weighted by atomic mass is 35.5. The molecule has 0 unspecified atom stereocenters. The maximum Gasteiger partial charge on any atom is 0.0468 e. The van der Waals surface area contributed by atoms with Gasteiger partial charge in [-0.3, -0.25) is 0 Å². The summed E-state index contributed by atoms with van der Waals surface area (Å²) in [6.45, 7) is 1.93. The SMILES string of the molecule is Cl.N[C@@H]1C[C@H]1C1CCOCC1. The van der Waals surface area contributed by atoms with Gasteiger partial charge < -0.3 is 10.5 Å². The molecule has 1 saturated carbocycles. The van der Waals surface area contributed by atoms with E-state index in [0.717, 1.165) is 25.0 Å². The second-order valence-electron chi connectivity index (χ2n) is 3.51. The summed E-state index contributed by atoms with van der Waals surface area (Å²) in [5.74, 6) is 1.74. The van der Waals surface area contributed by atoms with Gasteiger partial charge in [-0.25, -0.2) is 0 Å². The summed E-state index contributed by atoms with van der Waals surface area (Å²) in [6, 6.07) is 0.531. The summed E-state index contributed by atoms with van der Waals surface area (Å²) in [4.78, 5) is 0. The standard InChI is InChI=1S/C8H15NO.ClH/c9-8-5-7(8)6-1-3-10-4-2-6;/h6-8H,1-5,9H2;1H/t7-,8+;/m0./s1. The van der Waals surface area contributed by atoms with Crippen molar-refractivity contribution in [2.24, 2.45) is 17.6 Å². The maximum absolute atomic E-state index is 5.76. The van der Waals surface area contributed by atoms with Gasteiger partial charge in [0, 0.05) is 19.3 Å². The summed E-state index contributed by atoms with van der Waals surface area (Å²) >= 11 is 0. The Labute approximate surface area is 73.9 Å². The first-order valence-corrected chi connectivity index (χ1v) is 4.21. The van der Waals surface area contributed by atoms with Crippen molar-refractivity contribution < 1.29 is 4.74 Å². The number of rotatable bonds is 1. The molecule has 0 aromatic rings. The molecular weight excluding hydrogens is 162 g/mol. The van der Waals surface area contributed by atoms with Crippen molar-refractivity contribution in [3.63, 3.8) is 0 Å². The van der Waals surface area contributed by atoms with Crippen LogP contribution in [0, 0.1) is 11.8 Å². The Morgan fingerprint density at radius 2 is 1.73 bits per heavy atom. The molecule has 0 amide bonds. The number of nitrogens with two attached hydrogens (primary N) is 1. The van der Waals surface area contributed by atoms with Crippen LogP contribution in [-0.2, 0) is 4.74 Å². The van der Waals surface area contributed by atoms with Gasteiger partial charge in [-0.05, 0) is 31.1 Å². The molecule has 0 radical (unpaired) electrons. The van der Waals surface area contributed by atoms with Crippen molar-refractivity contribution in [1.82, 2.24) is 0 Å². The molecule has 11 heavy (non-hydrogen) atoms. The molecular formula is C8H16ClNO. The monoisotopic (exact) mass is 177 g/mol. The van der Waals surface area contributed by atoms with Gasteiger partial charge in [0.05, 0.1) is 0 Å². The minimum Gasteiger partial charge on any atom is -0.381 e. The first kappa shape index (κ1) is 9.30. The van der Waals surface area contributed by atoms with Gasteiger partial charge in [-0.1, -0.05) is 0 Å². The number of hydrogen-bond acceptors (Lipinski definition) is 2. The highest BCUT2D eigenvalue weighted by Crippen LogP contribution is 2.40. The second-order valence-corrected chi connectivity index (χ2v) is 3.51. The first-order chi connectivity index (χ1) is 4.88. The molecule has 2 atom stereocenters. The van der Waals surface area contributed by atoms with E-state index in [9.17, 15) is 0 Å². The van der Waals surface area contributed by atoms with Crippen LogP contribution in [0.1, 0.15) is 19.3 Å². The number of ether oxygens (including phenoxy) is 1. The Bertz CT molecular complexity index is 125. The lowest BCUT2D eigenvalue weighted by Gasteiger charge is -2.21. The fourth-order valence-electron chi connectivity index (χ4n) is 1.92. The normalized spacial score (nSPS) is 37.9. The Kier molecular flexibility index (Phi) is 3.16. The van der Waals surface area contributed by atoms with Gasteiger partial charge in [-0.15, -0.1) is 12.4 Å². The predicted molar refractivity (Wildman–Crippen MR) is 46.9 cm³/mol. The molecule has 0 aromatic carbocycles. The van der Waals surface area contributed by atoms with E-state index in [4.69, 9.17) is 10.5 Å². The molecule has 0 aromatic heterocycles. The van der Waals surface area contributed by atoms with Crippen LogP contribution in [0.2, 0.25) is 0 Å². The number of hydrogen-bond donors (Lipinski definition) is 1. The van der Waals surface area contributed by atoms with Gasteiger partial charge in [0.25, 0.3) is 0 Å². The zero-order valence-corrected chi connectivity index (χ0v) is 7.48. The summed E-state index contributed by atoms with van der Waals surface area (Å²) < 4.78 is 5.27. The Hall–Kier alpha value is 0.210. The molecule has 3 heteroatoms. The van der Waals surface area contributed by atoms with Crippen LogP contribution in [0.3, 0.4) is 0 Å². The van der Waals surface area contributed by atoms with Crippen molar-refractivity contribution in [3.05, 3.63) is 0 Å². The molecule has 0 spiro atoms. The fraction of sp³-hybridized carbons (Fsp3) is 1.00. The molecule has 2 N–H and O–H groups in total.